The Hall–Kier alpha value is -2.61. The Morgan fingerprint density at radius 2 is 1.95 bits per heavy atom. The number of anilines is 1. The molecule has 1 N–H and O–H groups in total. The fourth-order valence-electron chi connectivity index (χ4n) is 1.81. The number of nitrogens with zero attached hydrogens (tertiary/aromatic N) is 5. The van der Waals surface area contributed by atoms with Crippen molar-refractivity contribution in [1.29, 1.82) is 0 Å². The van der Waals surface area contributed by atoms with Crippen LogP contribution in [0.15, 0.2) is 30.3 Å². The molecule has 0 aliphatic carbocycles. The highest BCUT2D eigenvalue weighted by atomic mass is 32.1. The van der Waals surface area contributed by atoms with Crippen LogP contribution in [0.5, 0.6) is 0 Å². The van der Waals surface area contributed by atoms with Gasteiger partial charge in [0.1, 0.15) is 10.7 Å². The topological polar surface area (TPSA) is 85.6 Å². The molecule has 3 aromatic rings. The Kier molecular flexibility index (Phi) is 3.44. The maximum Gasteiger partial charge on any atom is 0.267 e. The zero-order valence-electron chi connectivity index (χ0n) is 11.4. The first-order valence-corrected chi connectivity index (χ1v) is 7.07. The van der Waals surface area contributed by atoms with E-state index in [-0.39, 0.29) is 5.91 Å². The molecule has 1 amide bonds. The number of hydrogen-bond donors (Lipinski definition) is 1. The van der Waals surface area contributed by atoms with E-state index in [0.29, 0.717) is 22.2 Å². The predicted octanol–water partition coefficient (Wildman–Crippen LogP) is 1.99. The van der Waals surface area contributed by atoms with Crippen molar-refractivity contribution in [1.82, 2.24) is 24.5 Å². The van der Waals surface area contributed by atoms with Crippen molar-refractivity contribution >= 4 is 22.9 Å². The zero-order valence-corrected chi connectivity index (χ0v) is 12.3. The van der Waals surface area contributed by atoms with Crippen molar-refractivity contribution in [2.24, 2.45) is 0 Å². The minimum absolute atomic E-state index is 0.204. The number of thiazole rings is 1. The van der Waals surface area contributed by atoms with E-state index in [0.717, 1.165) is 5.82 Å². The molecule has 0 saturated heterocycles. The van der Waals surface area contributed by atoms with Gasteiger partial charge in [-0.25, -0.2) is 19.9 Å². The Labute approximate surface area is 124 Å². The third kappa shape index (κ3) is 2.65. The second-order valence-electron chi connectivity index (χ2n) is 4.34. The van der Waals surface area contributed by atoms with Crippen molar-refractivity contribution in [3.05, 3.63) is 46.7 Å². The number of carbonyl (C=O) groups excluding carboxylic acids is 1. The van der Waals surface area contributed by atoms with Gasteiger partial charge in [-0.2, -0.15) is 0 Å². The number of rotatable bonds is 3. The molecule has 0 atom stereocenters. The molecule has 0 aliphatic heterocycles. The van der Waals surface area contributed by atoms with Crippen molar-refractivity contribution in [3.63, 3.8) is 0 Å². The first-order valence-electron chi connectivity index (χ1n) is 6.19. The summed E-state index contributed by atoms with van der Waals surface area (Å²) in [5, 5.41) is 2.75. The molecular weight excluding hydrogens is 288 g/mol. The number of nitrogens with one attached hydrogen (secondary N) is 1. The van der Waals surface area contributed by atoms with E-state index in [1.165, 1.54) is 11.3 Å². The molecule has 0 fully saturated rings. The second-order valence-corrected chi connectivity index (χ2v) is 5.19. The summed E-state index contributed by atoms with van der Waals surface area (Å²) in [5.74, 6) is 1.11. The summed E-state index contributed by atoms with van der Waals surface area (Å²) < 4.78 is 1.76. The predicted molar refractivity (Wildman–Crippen MR) is 78.7 cm³/mol. The van der Waals surface area contributed by atoms with Crippen LogP contribution in [0.3, 0.4) is 0 Å². The molecule has 3 heterocycles. The first-order chi connectivity index (χ1) is 10.1. The molecule has 0 bridgehead atoms. The van der Waals surface area contributed by atoms with E-state index in [4.69, 9.17) is 0 Å². The molecule has 21 heavy (non-hydrogen) atoms. The molecule has 8 heteroatoms. The minimum atomic E-state index is -0.204. The van der Waals surface area contributed by atoms with Gasteiger partial charge in [0, 0.05) is 12.4 Å². The number of aryl methyl sites for hydroxylation is 2. The zero-order chi connectivity index (χ0) is 14.8. The average Bonchev–Trinajstić information content (AvgIpc) is 3.08. The SMILES string of the molecule is Cc1ncsc1C(=O)Nc1cnc(-n2ccnc2C)nc1. The van der Waals surface area contributed by atoms with Crippen LogP contribution in [0.25, 0.3) is 5.95 Å². The highest BCUT2D eigenvalue weighted by Crippen LogP contribution is 2.15. The number of aromatic nitrogens is 5. The van der Waals surface area contributed by atoms with Gasteiger partial charge in [-0.05, 0) is 13.8 Å². The lowest BCUT2D eigenvalue weighted by Gasteiger charge is -2.05. The van der Waals surface area contributed by atoms with Gasteiger partial charge < -0.3 is 5.32 Å². The van der Waals surface area contributed by atoms with Crippen molar-refractivity contribution < 1.29 is 4.79 Å². The normalized spacial score (nSPS) is 10.6. The minimum Gasteiger partial charge on any atom is -0.319 e. The van der Waals surface area contributed by atoms with Gasteiger partial charge in [-0.1, -0.05) is 0 Å². The molecular formula is C13H12N6OS. The van der Waals surface area contributed by atoms with Crippen LogP contribution in [0.4, 0.5) is 5.69 Å². The molecule has 3 rings (SSSR count). The number of amides is 1. The summed E-state index contributed by atoms with van der Waals surface area (Å²) in [5.41, 5.74) is 2.89. The molecule has 0 unspecified atom stereocenters. The summed E-state index contributed by atoms with van der Waals surface area (Å²) in [6.07, 6.45) is 6.59. The number of hydrogen-bond acceptors (Lipinski definition) is 6. The number of carbonyl (C=O) groups is 1. The Balaban J connectivity index is 1.78. The van der Waals surface area contributed by atoms with Crippen molar-refractivity contribution in [3.8, 4) is 5.95 Å². The van der Waals surface area contributed by atoms with E-state index in [1.54, 1.807) is 41.8 Å². The summed E-state index contributed by atoms with van der Waals surface area (Å²) in [4.78, 5) is 29.3. The van der Waals surface area contributed by atoms with Crippen LogP contribution in [0, 0.1) is 13.8 Å². The Morgan fingerprint density at radius 1 is 1.19 bits per heavy atom. The van der Waals surface area contributed by atoms with E-state index in [2.05, 4.69) is 25.3 Å². The third-order valence-electron chi connectivity index (χ3n) is 2.89. The summed E-state index contributed by atoms with van der Waals surface area (Å²) in [6, 6.07) is 0. The lowest BCUT2D eigenvalue weighted by atomic mass is 10.3. The van der Waals surface area contributed by atoms with Crippen LogP contribution in [-0.2, 0) is 0 Å². The third-order valence-corrected chi connectivity index (χ3v) is 3.82. The lowest BCUT2D eigenvalue weighted by Crippen LogP contribution is -2.12. The van der Waals surface area contributed by atoms with Crippen LogP contribution >= 0.6 is 11.3 Å². The number of imidazole rings is 1. The maximum absolute atomic E-state index is 12.1. The standard InChI is InChI=1S/C13H12N6OS/c1-8-11(21-7-17-8)12(20)18-10-5-15-13(16-6-10)19-4-3-14-9(19)2/h3-7H,1-2H3,(H,18,20). The average molecular weight is 300 g/mol. The second kappa shape index (κ2) is 5.41. The van der Waals surface area contributed by atoms with Crippen LogP contribution in [-0.4, -0.2) is 30.4 Å². The van der Waals surface area contributed by atoms with E-state index >= 15 is 0 Å². The van der Waals surface area contributed by atoms with Gasteiger partial charge in [0.15, 0.2) is 0 Å². The molecule has 3 aromatic heterocycles. The van der Waals surface area contributed by atoms with Gasteiger partial charge in [0.25, 0.3) is 5.91 Å². The molecule has 0 saturated carbocycles. The van der Waals surface area contributed by atoms with E-state index < -0.39 is 0 Å². The monoisotopic (exact) mass is 300 g/mol. The molecule has 0 aromatic carbocycles. The van der Waals surface area contributed by atoms with E-state index in [1.807, 2.05) is 6.92 Å². The van der Waals surface area contributed by atoms with Gasteiger partial charge in [0.2, 0.25) is 5.95 Å². The molecule has 7 nitrogen and oxygen atoms in total. The van der Waals surface area contributed by atoms with Crippen LogP contribution in [0.1, 0.15) is 21.2 Å². The van der Waals surface area contributed by atoms with E-state index in [9.17, 15) is 4.79 Å². The summed E-state index contributed by atoms with van der Waals surface area (Å²) in [7, 11) is 0. The fourth-order valence-corrected chi connectivity index (χ4v) is 2.50. The van der Waals surface area contributed by atoms with Gasteiger partial charge in [-0.15, -0.1) is 11.3 Å². The fraction of sp³-hybridized carbons (Fsp3) is 0.154. The highest BCUT2D eigenvalue weighted by molar-refractivity contribution is 7.12. The van der Waals surface area contributed by atoms with Gasteiger partial charge >= 0.3 is 0 Å². The first kappa shape index (κ1) is 13.4. The lowest BCUT2D eigenvalue weighted by molar-refractivity contribution is 0.102. The maximum atomic E-state index is 12.1. The molecule has 0 radical (unpaired) electrons. The summed E-state index contributed by atoms with van der Waals surface area (Å²) in [6.45, 7) is 3.67. The quantitative estimate of drug-likeness (QED) is 0.799. The molecule has 0 aliphatic rings. The van der Waals surface area contributed by atoms with Gasteiger partial charge in [-0.3, -0.25) is 9.36 Å². The van der Waals surface area contributed by atoms with Crippen molar-refractivity contribution in [2.45, 2.75) is 13.8 Å². The smallest absolute Gasteiger partial charge is 0.267 e. The summed E-state index contributed by atoms with van der Waals surface area (Å²) >= 11 is 1.30. The van der Waals surface area contributed by atoms with Crippen molar-refractivity contribution in [2.75, 3.05) is 5.32 Å². The van der Waals surface area contributed by atoms with Gasteiger partial charge in [0.05, 0.1) is 29.3 Å². The highest BCUT2D eigenvalue weighted by Gasteiger charge is 2.12. The van der Waals surface area contributed by atoms with Crippen LogP contribution in [0.2, 0.25) is 0 Å². The largest absolute Gasteiger partial charge is 0.319 e. The Bertz CT molecular complexity index is 776. The molecule has 0 spiro atoms. The molecule has 106 valence electrons. The van der Waals surface area contributed by atoms with Crippen LogP contribution < -0.4 is 5.32 Å². The Morgan fingerprint density at radius 3 is 2.52 bits per heavy atom.